The van der Waals surface area contributed by atoms with E-state index in [-0.39, 0.29) is 18.5 Å². The molecule has 1 saturated carbocycles. The van der Waals surface area contributed by atoms with Gasteiger partial charge >= 0.3 is 11.9 Å². The molecule has 1 aliphatic carbocycles. The highest BCUT2D eigenvalue weighted by atomic mass is 16.5. The third-order valence-corrected chi connectivity index (χ3v) is 8.16. The average molecular weight is 412 g/mol. The average Bonchev–Trinajstić information content (AvgIpc) is 3.17. The molecule has 2 N–H and O–H groups in total. The van der Waals surface area contributed by atoms with Gasteiger partial charge in [-0.05, 0) is 31.4 Å². The Morgan fingerprint density at radius 2 is 2.13 bits per heavy atom. The predicted molar refractivity (Wildman–Crippen MR) is 110 cm³/mol. The highest BCUT2D eigenvalue weighted by Gasteiger charge is 2.83. The summed E-state index contributed by atoms with van der Waals surface area (Å²) in [6.45, 7) is 4.63. The van der Waals surface area contributed by atoms with Crippen LogP contribution in [0.5, 0.6) is 0 Å². The smallest absolute Gasteiger partial charge is 0.316 e. The number of hydrogen-bond donors (Lipinski definition) is 2. The van der Waals surface area contributed by atoms with Crippen molar-refractivity contribution in [2.45, 2.75) is 43.9 Å². The molecule has 1 aromatic carbocycles. The van der Waals surface area contributed by atoms with E-state index in [9.17, 15) is 14.7 Å². The van der Waals surface area contributed by atoms with Gasteiger partial charge in [0.1, 0.15) is 17.7 Å². The molecule has 0 aromatic heterocycles. The third kappa shape index (κ3) is 1.93. The van der Waals surface area contributed by atoms with Crippen molar-refractivity contribution in [2.75, 3.05) is 32.1 Å². The van der Waals surface area contributed by atoms with Crippen LogP contribution >= 0.6 is 0 Å². The lowest BCUT2D eigenvalue weighted by Gasteiger charge is -2.59. The minimum atomic E-state index is -1.14. The van der Waals surface area contributed by atoms with Gasteiger partial charge in [0, 0.05) is 31.6 Å². The Hall–Kier alpha value is -2.38. The fraction of sp³-hybridized carbons (Fsp3) is 0.565. The van der Waals surface area contributed by atoms with Crippen molar-refractivity contribution in [1.82, 2.24) is 4.90 Å². The molecule has 1 aromatic rings. The number of nitrogens with one attached hydrogen (secondary N) is 1. The molecular weight excluding hydrogens is 384 g/mol. The molecule has 7 nitrogen and oxygen atoms in total. The highest BCUT2D eigenvalue weighted by molar-refractivity contribution is 5.86. The second kappa shape index (κ2) is 6.31. The molecule has 0 amide bonds. The number of benzene rings is 1. The first-order chi connectivity index (χ1) is 14.4. The number of ether oxygens (including phenoxy) is 2. The number of carbonyl (C=O) groups is 2. The molecule has 6 rings (SSSR count). The second-order valence-electron chi connectivity index (χ2n) is 8.92. The summed E-state index contributed by atoms with van der Waals surface area (Å²) in [6.07, 6.45) is 2.42. The van der Waals surface area contributed by atoms with E-state index in [1.807, 2.05) is 37.3 Å². The molecule has 5 aliphatic rings. The van der Waals surface area contributed by atoms with Crippen LogP contribution < -0.4 is 5.32 Å². The number of allylic oxidation sites excluding steroid dienone is 1. The van der Waals surface area contributed by atoms with Crippen LogP contribution in [0.4, 0.5) is 5.69 Å². The lowest BCUT2D eigenvalue weighted by molar-refractivity contribution is -0.189. The monoisotopic (exact) mass is 412 g/mol. The van der Waals surface area contributed by atoms with Gasteiger partial charge in [-0.1, -0.05) is 29.8 Å². The minimum absolute atomic E-state index is 0.0741. The van der Waals surface area contributed by atoms with Crippen LogP contribution in [-0.4, -0.2) is 60.5 Å². The molecule has 7 heteroatoms. The van der Waals surface area contributed by atoms with E-state index in [1.54, 1.807) is 0 Å². The molecule has 4 fully saturated rings. The van der Waals surface area contributed by atoms with Gasteiger partial charge in [-0.3, -0.25) is 14.5 Å². The van der Waals surface area contributed by atoms with Gasteiger partial charge in [0.25, 0.3) is 0 Å². The van der Waals surface area contributed by atoms with Crippen LogP contribution in [-0.2, 0) is 24.5 Å². The number of methoxy groups -OCH3 is 1. The fourth-order valence-corrected chi connectivity index (χ4v) is 7.20. The molecular formula is C23H28N2O5. The summed E-state index contributed by atoms with van der Waals surface area (Å²) in [7, 11) is 1.40. The highest BCUT2D eigenvalue weighted by Crippen LogP contribution is 2.72. The first-order valence-corrected chi connectivity index (χ1v) is 10.6. The topological polar surface area (TPSA) is 88.1 Å². The molecule has 1 spiro atoms. The Morgan fingerprint density at radius 1 is 1.37 bits per heavy atom. The van der Waals surface area contributed by atoms with Crippen LogP contribution in [0, 0.1) is 11.3 Å². The van der Waals surface area contributed by atoms with Gasteiger partial charge in [0.05, 0.1) is 18.6 Å². The molecule has 160 valence electrons. The minimum Gasteiger partial charge on any atom is -0.468 e. The molecule has 4 bridgehead atoms. The maximum Gasteiger partial charge on any atom is 0.316 e. The molecule has 3 saturated heterocycles. The van der Waals surface area contributed by atoms with E-state index in [0.29, 0.717) is 19.4 Å². The number of rotatable bonds is 3. The zero-order valence-corrected chi connectivity index (χ0v) is 17.6. The lowest BCUT2D eigenvalue weighted by Crippen LogP contribution is -2.75. The van der Waals surface area contributed by atoms with E-state index in [0.717, 1.165) is 23.4 Å². The van der Waals surface area contributed by atoms with Crippen molar-refractivity contribution in [2.24, 2.45) is 11.3 Å². The SMILES string of the molecule is C/C=C1\CN2CC[C@@]34c5ccccc5N[C@@]23[C@@H](O)C[C@@H]1[C@]4(COC(C)=O)C(=O)OC. The third-order valence-electron chi connectivity index (χ3n) is 8.16. The second-order valence-corrected chi connectivity index (χ2v) is 8.92. The number of nitrogens with zero attached hydrogens (tertiary/aromatic N) is 1. The van der Waals surface area contributed by atoms with Gasteiger partial charge in [0.15, 0.2) is 0 Å². The molecule has 4 heterocycles. The number of hydrogen-bond acceptors (Lipinski definition) is 7. The van der Waals surface area contributed by atoms with Gasteiger partial charge < -0.3 is 19.9 Å². The van der Waals surface area contributed by atoms with Crippen LogP contribution in [0.2, 0.25) is 0 Å². The van der Waals surface area contributed by atoms with Crippen molar-refractivity contribution < 1.29 is 24.2 Å². The first kappa shape index (κ1) is 19.6. The van der Waals surface area contributed by atoms with Gasteiger partial charge in [-0.15, -0.1) is 0 Å². The molecule has 6 atom stereocenters. The summed E-state index contributed by atoms with van der Waals surface area (Å²) < 4.78 is 11.1. The number of carbonyl (C=O) groups excluding carboxylic acids is 2. The first-order valence-electron chi connectivity index (χ1n) is 10.6. The zero-order valence-electron chi connectivity index (χ0n) is 17.6. The summed E-state index contributed by atoms with van der Waals surface area (Å²) in [4.78, 5) is 28.0. The summed E-state index contributed by atoms with van der Waals surface area (Å²) in [6, 6.07) is 7.95. The van der Waals surface area contributed by atoms with Crippen molar-refractivity contribution in [1.29, 1.82) is 0 Å². The van der Waals surface area contributed by atoms with Crippen molar-refractivity contribution in [3.05, 3.63) is 41.5 Å². The number of anilines is 1. The Kier molecular flexibility index (Phi) is 4.12. The van der Waals surface area contributed by atoms with Crippen LogP contribution in [0.15, 0.2) is 35.9 Å². The standard InChI is InChI=1S/C23H28N2O5/c1-4-15-12-25-10-9-22-16-7-5-6-8-18(16)24-23(22,25)19(27)11-17(15)21(22,20(28)29-3)13-30-14(2)26/h4-8,17,19,24,27H,9-13H2,1-3H3/b15-4+/t17-,19-,21+,22-,23-/m0/s1. The van der Waals surface area contributed by atoms with Gasteiger partial charge in [-0.25, -0.2) is 0 Å². The van der Waals surface area contributed by atoms with Crippen LogP contribution in [0.1, 0.15) is 32.3 Å². The Morgan fingerprint density at radius 3 is 2.83 bits per heavy atom. The number of aliphatic hydroxyl groups is 1. The van der Waals surface area contributed by atoms with Gasteiger partial charge in [-0.2, -0.15) is 0 Å². The number of esters is 2. The van der Waals surface area contributed by atoms with E-state index in [2.05, 4.69) is 10.2 Å². The Labute approximate surface area is 176 Å². The predicted octanol–water partition coefficient (Wildman–Crippen LogP) is 1.82. The number of aliphatic hydroxyl groups excluding tert-OH is 1. The molecule has 4 aliphatic heterocycles. The maximum atomic E-state index is 13.8. The fourth-order valence-electron chi connectivity index (χ4n) is 7.20. The summed E-state index contributed by atoms with van der Waals surface area (Å²) >= 11 is 0. The Balaban J connectivity index is 1.89. The summed E-state index contributed by atoms with van der Waals surface area (Å²) in [5, 5.41) is 15.2. The molecule has 0 radical (unpaired) electrons. The number of para-hydroxylation sites is 1. The normalized spacial score (nSPS) is 41.6. The molecule has 1 unspecified atom stereocenters. The van der Waals surface area contributed by atoms with E-state index in [1.165, 1.54) is 14.0 Å². The maximum absolute atomic E-state index is 13.8. The Bertz CT molecular complexity index is 961. The largest absolute Gasteiger partial charge is 0.468 e. The van der Waals surface area contributed by atoms with Crippen LogP contribution in [0.3, 0.4) is 0 Å². The quantitative estimate of drug-likeness (QED) is 0.578. The zero-order chi connectivity index (χ0) is 21.3. The van der Waals surface area contributed by atoms with Crippen molar-refractivity contribution >= 4 is 17.6 Å². The molecule has 30 heavy (non-hydrogen) atoms. The van der Waals surface area contributed by atoms with Gasteiger partial charge in [0.2, 0.25) is 0 Å². The van der Waals surface area contributed by atoms with E-state index in [4.69, 9.17) is 9.47 Å². The lowest BCUT2D eigenvalue weighted by atomic mass is 9.45. The van der Waals surface area contributed by atoms with Crippen molar-refractivity contribution in [3.8, 4) is 0 Å². The van der Waals surface area contributed by atoms with E-state index >= 15 is 0 Å². The van der Waals surface area contributed by atoms with Crippen molar-refractivity contribution in [3.63, 3.8) is 0 Å². The van der Waals surface area contributed by atoms with E-state index < -0.39 is 28.6 Å². The number of fused-ring (bicyclic) bond motifs is 3. The summed E-state index contributed by atoms with van der Waals surface area (Å²) in [5.41, 5.74) is 0.210. The summed E-state index contributed by atoms with van der Waals surface area (Å²) in [5.74, 6) is -1.11. The van der Waals surface area contributed by atoms with Crippen LogP contribution in [0.25, 0.3) is 0 Å².